The van der Waals surface area contributed by atoms with Gasteiger partial charge < -0.3 is 9.47 Å². The summed E-state index contributed by atoms with van der Waals surface area (Å²) in [5.74, 6) is -0.458. The standard InChI is InChI=1S/C20H26O4/c1-11(2)8-18(21)23-16-6-7-20(5)10-17-14(9-15(20)13(16)4)12(3)19(22)24-17/h8,14,16-17H,3,6-7,9-10H2,1-2,4-5H3. The van der Waals surface area contributed by atoms with Crippen molar-refractivity contribution in [2.75, 3.05) is 0 Å². The van der Waals surface area contributed by atoms with E-state index in [-0.39, 0.29) is 35.5 Å². The molecule has 1 aliphatic heterocycles. The Labute approximate surface area is 143 Å². The number of rotatable bonds is 2. The molecule has 3 aliphatic rings. The van der Waals surface area contributed by atoms with Crippen LogP contribution in [0.5, 0.6) is 0 Å². The number of carbonyl (C=O) groups is 2. The van der Waals surface area contributed by atoms with Crippen molar-refractivity contribution in [3.8, 4) is 0 Å². The molecule has 0 aromatic rings. The normalized spacial score (nSPS) is 35.1. The Bertz CT molecular complexity index is 665. The molecule has 0 aromatic carbocycles. The highest BCUT2D eigenvalue weighted by atomic mass is 16.6. The third-order valence-corrected chi connectivity index (χ3v) is 5.80. The largest absolute Gasteiger partial charge is 0.458 e. The van der Waals surface area contributed by atoms with Crippen LogP contribution in [0, 0.1) is 11.3 Å². The molecular weight excluding hydrogens is 304 g/mol. The summed E-state index contributed by atoms with van der Waals surface area (Å²) in [7, 11) is 0. The van der Waals surface area contributed by atoms with Crippen molar-refractivity contribution in [2.45, 2.75) is 65.6 Å². The van der Waals surface area contributed by atoms with Gasteiger partial charge in [0.05, 0.1) is 0 Å². The van der Waals surface area contributed by atoms with Crippen molar-refractivity contribution < 1.29 is 19.1 Å². The lowest BCUT2D eigenvalue weighted by atomic mass is 9.60. The lowest BCUT2D eigenvalue weighted by molar-refractivity contribution is -0.144. The third kappa shape index (κ3) is 2.83. The number of hydrogen-bond donors (Lipinski definition) is 0. The minimum atomic E-state index is -0.277. The summed E-state index contributed by atoms with van der Waals surface area (Å²) in [5.41, 5.74) is 4.01. The van der Waals surface area contributed by atoms with Gasteiger partial charge in [-0.15, -0.1) is 0 Å². The summed E-state index contributed by atoms with van der Waals surface area (Å²) in [4.78, 5) is 23.8. The van der Waals surface area contributed by atoms with Gasteiger partial charge in [-0.2, -0.15) is 0 Å². The minimum Gasteiger partial charge on any atom is -0.458 e. The average molecular weight is 330 g/mol. The van der Waals surface area contributed by atoms with E-state index in [0.717, 1.165) is 36.8 Å². The molecule has 0 spiro atoms. The van der Waals surface area contributed by atoms with Gasteiger partial charge in [0, 0.05) is 17.6 Å². The molecule has 0 N–H and O–H groups in total. The smallest absolute Gasteiger partial charge is 0.334 e. The summed E-state index contributed by atoms with van der Waals surface area (Å²) in [6.07, 6.45) is 4.71. The van der Waals surface area contributed by atoms with Gasteiger partial charge in [-0.1, -0.05) is 24.6 Å². The highest BCUT2D eigenvalue weighted by Gasteiger charge is 2.51. The van der Waals surface area contributed by atoms with E-state index in [0.29, 0.717) is 5.57 Å². The zero-order valence-corrected chi connectivity index (χ0v) is 15.0. The molecule has 1 saturated carbocycles. The second kappa shape index (κ2) is 5.91. The Morgan fingerprint density at radius 1 is 1.42 bits per heavy atom. The molecule has 24 heavy (non-hydrogen) atoms. The molecule has 0 amide bonds. The van der Waals surface area contributed by atoms with Crippen molar-refractivity contribution in [1.82, 2.24) is 0 Å². The molecular formula is C20H26O4. The predicted octanol–water partition coefficient (Wildman–Crippen LogP) is 3.87. The summed E-state index contributed by atoms with van der Waals surface area (Å²) in [6, 6.07) is 0. The quantitative estimate of drug-likeness (QED) is 0.438. The van der Waals surface area contributed by atoms with Gasteiger partial charge in [-0.25, -0.2) is 9.59 Å². The van der Waals surface area contributed by atoms with Gasteiger partial charge in [-0.05, 0) is 57.4 Å². The number of hydrogen-bond acceptors (Lipinski definition) is 4. The van der Waals surface area contributed by atoms with Gasteiger partial charge in [0.15, 0.2) is 0 Å². The van der Waals surface area contributed by atoms with Crippen LogP contribution in [0.1, 0.15) is 53.4 Å². The van der Waals surface area contributed by atoms with Crippen LogP contribution < -0.4 is 0 Å². The zero-order chi connectivity index (χ0) is 17.6. The molecule has 1 heterocycles. The number of carbonyl (C=O) groups excluding carboxylic acids is 2. The van der Waals surface area contributed by atoms with Crippen LogP contribution in [-0.4, -0.2) is 24.1 Å². The van der Waals surface area contributed by atoms with Crippen LogP contribution in [0.2, 0.25) is 0 Å². The van der Waals surface area contributed by atoms with Crippen LogP contribution in [0.3, 0.4) is 0 Å². The van der Waals surface area contributed by atoms with Crippen molar-refractivity contribution in [3.63, 3.8) is 0 Å². The Kier molecular flexibility index (Phi) is 4.18. The Morgan fingerprint density at radius 2 is 2.12 bits per heavy atom. The highest BCUT2D eigenvalue weighted by Crippen LogP contribution is 2.55. The molecule has 2 aliphatic carbocycles. The molecule has 2 fully saturated rings. The lowest BCUT2D eigenvalue weighted by Crippen LogP contribution is -2.41. The molecule has 1 saturated heterocycles. The van der Waals surface area contributed by atoms with E-state index in [9.17, 15) is 9.59 Å². The van der Waals surface area contributed by atoms with Crippen molar-refractivity contribution in [2.24, 2.45) is 11.3 Å². The number of fused-ring (bicyclic) bond motifs is 2. The summed E-state index contributed by atoms with van der Waals surface area (Å²) < 4.78 is 11.2. The fourth-order valence-corrected chi connectivity index (χ4v) is 4.45. The van der Waals surface area contributed by atoms with E-state index in [2.05, 4.69) is 20.4 Å². The van der Waals surface area contributed by atoms with Crippen molar-refractivity contribution in [1.29, 1.82) is 0 Å². The van der Waals surface area contributed by atoms with E-state index in [1.807, 2.05) is 13.8 Å². The molecule has 4 unspecified atom stereocenters. The topological polar surface area (TPSA) is 52.6 Å². The first kappa shape index (κ1) is 17.0. The zero-order valence-electron chi connectivity index (χ0n) is 15.0. The summed E-state index contributed by atoms with van der Waals surface area (Å²) >= 11 is 0. The van der Waals surface area contributed by atoms with E-state index in [1.54, 1.807) is 0 Å². The summed E-state index contributed by atoms with van der Waals surface area (Å²) in [6.45, 7) is 12.0. The van der Waals surface area contributed by atoms with Gasteiger partial charge in [-0.3, -0.25) is 0 Å². The maximum absolute atomic E-state index is 12.0. The maximum atomic E-state index is 12.0. The van der Waals surface area contributed by atoms with Gasteiger partial charge >= 0.3 is 11.9 Å². The summed E-state index contributed by atoms with van der Waals surface area (Å²) in [5, 5.41) is 0. The van der Waals surface area contributed by atoms with Crippen LogP contribution >= 0.6 is 0 Å². The second-order valence-electron chi connectivity index (χ2n) is 7.89. The third-order valence-electron chi connectivity index (χ3n) is 5.80. The second-order valence-corrected chi connectivity index (χ2v) is 7.89. The minimum absolute atomic E-state index is 0.0234. The van der Waals surface area contributed by atoms with Crippen molar-refractivity contribution in [3.05, 3.63) is 34.9 Å². The van der Waals surface area contributed by atoms with E-state index < -0.39 is 0 Å². The number of allylic oxidation sites excluding steroid dienone is 2. The Morgan fingerprint density at radius 3 is 2.79 bits per heavy atom. The van der Waals surface area contributed by atoms with Gasteiger partial charge in [0.2, 0.25) is 0 Å². The monoisotopic (exact) mass is 330 g/mol. The van der Waals surface area contributed by atoms with Crippen molar-refractivity contribution >= 4 is 11.9 Å². The molecule has 4 atom stereocenters. The molecule has 0 radical (unpaired) electrons. The van der Waals surface area contributed by atoms with Gasteiger partial charge in [0.1, 0.15) is 12.2 Å². The van der Waals surface area contributed by atoms with Gasteiger partial charge in [0.25, 0.3) is 0 Å². The molecule has 0 bridgehead atoms. The number of esters is 2. The molecule has 0 aromatic heterocycles. The first-order valence-electron chi connectivity index (χ1n) is 8.66. The maximum Gasteiger partial charge on any atom is 0.334 e. The van der Waals surface area contributed by atoms with E-state index >= 15 is 0 Å². The van der Waals surface area contributed by atoms with Crippen LogP contribution in [0.25, 0.3) is 0 Å². The Hall–Kier alpha value is -1.84. The van der Waals surface area contributed by atoms with Crippen LogP contribution in [0.15, 0.2) is 34.9 Å². The molecule has 4 nitrogen and oxygen atoms in total. The number of ether oxygens (including phenoxy) is 2. The predicted molar refractivity (Wildman–Crippen MR) is 91.1 cm³/mol. The Balaban J connectivity index is 1.85. The lowest BCUT2D eigenvalue weighted by Gasteiger charge is -2.46. The van der Waals surface area contributed by atoms with E-state index in [1.165, 1.54) is 11.6 Å². The first-order chi connectivity index (χ1) is 11.2. The average Bonchev–Trinajstić information content (AvgIpc) is 2.74. The van der Waals surface area contributed by atoms with Crippen LogP contribution in [-0.2, 0) is 19.1 Å². The molecule has 3 rings (SSSR count). The SMILES string of the molecule is C=C1C(=O)OC2CC3(C)CCC(OC(=O)C=C(C)C)C(C)=C3CC12. The van der Waals surface area contributed by atoms with Crippen LogP contribution in [0.4, 0.5) is 0 Å². The molecule has 130 valence electrons. The highest BCUT2D eigenvalue weighted by molar-refractivity contribution is 5.91. The fraction of sp³-hybridized carbons (Fsp3) is 0.600. The first-order valence-corrected chi connectivity index (χ1v) is 8.66. The fourth-order valence-electron chi connectivity index (χ4n) is 4.45. The van der Waals surface area contributed by atoms with E-state index in [4.69, 9.17) is 9.47 Å². The molecule has 4 heteroatoms.